The average Bonchev–Trinajstić information content (AvgIpc) is 2.46. The normalized spacial score (nSPS) is 13.0. The summed E-state index contributed by atoms with van der Waals surface area (Å²) in [5.74, 6) is 0.0636. The summed E-state index contributed by atoms with van der Waals surface area (Å²) in [6.45, 7) is 1.80. The van der Waals surface area contributed by atoms with Gasteiger partial charge in [-0.2, -0.15) is 0 Å². The third-order valence-corrected chi connectivity index (χ3v) is 4.78. The summed E-state index contributed by atoms with van der Waals surface area (Å²) in [6.07, 6.45) is 0.493. The highest BCUT2D eigenvalue weighted by Crippen LogP contribution is 2.20. The van der Waals surface area contributed by atoms with Crippen LogP contribution in [0.4, 0.5) is 5.69 Å². The molecule has 2 aromatic carbocycles. The van der Waals surface area contributed by atoms with Crippen molar-refractivity contribution in [2.45, 2.75) is 19.4 Å². The molecule has 2 aromatic rings. The molecule has 0 saturated carbocycles. The lowest BCUT2D eigenvalue weighted by Gasteiger charge is -2.16. The van der Waals surface area contributed by atoms with Crippen molar-refractivity contribution in [2.75, 3.05) is 11.5 Å². The minimum Gasteiger partial charge on any atom is -0.398 e. The lowest BCUT2D eigenvalue weighted by molar-refractivity contribution is 0.566. The Kier molecular flexibility index (Phi) is 4.98. The Morgan fingerprint density at radius 1 is 1.05 bits per heavy atom. The fourth-order valence-electron chi connectivity index (χ4n) is 2.19. The summed E-state index contributed by atoms with van der Waals surface area (Å²) < 4.78 is 27.0. The second kappa shape index (κ2) is 6.74. The van der Waals surface area contributed by atoms with E-state index in [4.69, 9.17) is 5.73 Å². The van der Waals surface area contributed by atoms with Crippen molar-refractivity contribution in [3.63, 3.8) is 0 Å². The molecule has 1 unspecified atom stereocenters. The number of nitrogen functional groups attached to an aromatic ring is 1. The summed E-state index contributed by atoms with van der Waals surface area (Å²) in [4.78, 5) is 0. The summed E-state index contributed by atoms with van der Waals surface area (Å²) in [7, 11) is -3.35. The number of sulfonamides is 1. The van der Waals surface area contributed by atoms with Gasteiger partial charge in [-0.3, -0.25) is 0 Å². The number of benzene rings is 2. The van der Waals surface area contributed by atoms with Crippen molar-refractivity contribution in [2.24, 2.45) is 0 Å². The zero-order valence-corrected chi connectivity index (χ0v) is 12.8. The first-order valence-corrected chi connectivity index (χ1v) is 8.51. The number of hydrogen-bond donors (Lipinski definition) is 2. The maximum Gasteiger partial charge on any atom is 0.212 e. The lowest BCUT2D eigenvalue weighted by atomic mass is 10.1. The Labute approximate surface area is 126 Å². The van der Waals surface area contributed by atoms with Crippen LogP contribution in [0.15, 0.2) is 54.6 Å². The maximum atomic E-state index is 12.1. The van der Waals surface area contributed by atoms with E-state index in [9.17, 15) is 8.42 Å². The van der Waals surface area contributed by atoms with Gasteiger partial charge in [-0.05, 0) is 30.5 Å². The minimum atomic E-state index is -3.35. The standard InChI is InChI=1S/C16H20N2O2S/c1-13(15-9-5-6-10-16(15)17)18-21(19,20)12-11-14-7-3-2-4-8-14/h2-10,13,18H,11-12,17H2,1H3. The predicted molar refractivity (Wildman–Crippen MR) is 86.3 cm³/mol. The van der Waals surface area contributed by atoms with Crippen molar-refractivity contribution in [3.8, 4) is 0 Å². The van der Waals surface area contributed by atoms with Crippen molar-refractivity contribution in [3.05, 3.63) is 65.7 Å². The second-order valence-corrected chi connectivity index (χ2v) is 6.90. The van der Waals surface area contributed by atoms with Gasteiger partial charge in [-0.15, -0.1) is 0 Å². The Bertz CT molecular complexity index is 684. The third kappa shape index (κ3) is 4.58. The van der Waals surface area contributed by atoms with Gasteiger partial charge in [-0.1, -0.05) is 48.5 Å². The van der Waals surface area contributed by atoms with Crippen molar-refractivity contribution in [1.82, 2.24) is 4.72 Å². The van der Waals surface area contributed by atoms with Crippen LogP contribution in [0.25, 0.3) is 0 Å². The van der Waals surface area contributed by atoms with Crippen LogP contribution in [0.1, 0.15) is 24.1 Å². The molecule has 0 heterocycles. The molecule has 0 aromatic heterocycles. The number of aryl methyl sites for hydroxylation is 1. The van der Waals surface area contributed by atoms with Crippen LogP contribution in [0, 0.1) is 0 Å². The van der Waals surface area contributed by atoms with Gasteiger partial charge in [0, 0.05) is 11.7 Å². The molecular weight excluding hydrogens is 284 g/mol. The van der Waals surface area contributed by atoms with Crippen LogP contribution in [0.2, 0.25) is 0 Å². The smallest absolute Gasteiger partial charge is 0.212 e. The highest BCUT2D eigenvalue weighted by Gasteiger charge is 2.17. The molecule has 0 amide bonds. The molecule has 0 aliphatic heterocycles. The molecule has 3 N–H and O–H groups in total. The molecular formula is C16H20N2O2S. The van der Waals surface area contributed by atoms with E-state index in [0.29, 0.717) is 12.1 Å². The Balaban J connectivity index is 1.99. The molecule has 1 atom stereocenters. The molecule has 2 rings (SSSR count). The fourth-order valence-corrected chi connectivity index (χ4v) is 3.48. The molecule has 0 spiro atoms. The zero-order valence-electron chi connectivity index (χ0n) is 12.0. The van der Waals surface area contributed by atoms with E-state index in [2.05, 4.69) is 4.72 Å². The zero-order chi connectivity index (χ0) is 15.3. The molecule has 0 bridgehead atoms. The minimum absolute atomic E-state index is 0.0636. The Hall–Kier alpha value is -1.85. The van der Waals surface area contributed by atoms with Crippen LogP contribution in [0.3, 0.4) is 0 Å². The third-order valence-electron chi connectivity index (χ3n) is 3.32. The first kappa shape index (κ1) is 15.5. The molecule has 0 aliphatic carbocycles. The highest BCUT2D eigenvalue weighted by molar-refractivity contribution is 7.89. The molecule has 0 fully saturated rings. The van der Waals surface area contributed by atoms with Gasteiger partial charge in [-0.25, -0.2) is 13.1 Å². The molecule has 0 radical (unpaired) electrons. The van der Waals surface area contributed by atoms with E-state index < -0.39 is 10.0 Å². The largest absolute Gasteiger partial charge is 0.398 e. The number of hydrogen-bond acceptors (Lipinski definition) is 3. The lowest BCUT2D eigenvalue weighted by Crippen LogP contribution is -2.30. The predicted octanol–water partition coefficient (Wildman–Crippen LogP) is 2.49. The van der Waals surface area contributed by atoms with Crippen LogP contribution in [0.5, 0.6) is 0 Å². The molecule has 4 nitrogen and oxygen atoms in total. The van der Waals surface area contributed by atoms with Crippen LogP contribution in [-0.2, 0) is 16.4 Å². The van der Waals surface area contributed by atoms with Gasteiger partial charge in [0.2, 0.25) is 10.0 Å². The molecule has 21 heavy (non-hydrogen) atoms. The van der Waals surface area contributed by atoms with E-state index in [1.165, 1.54) is 0 Å². The van der Waals surface area contributed by atoms with Gasteiger partial charge >= 0.3 is 0 Å². The van der Waals surface area contributed by atoms with E-state index in [1.807, 2.05) is 48.5 Å². The molecule has 0 saturated heterocycles. The van der Waals surface area contributed by atoms with E-state index >= 15 is 0 Å². The van der Waals surface area contributed by atoms with Crippen LogP contribution < -0.4 is 10.5 Å². The summed E-state index contributed by atoms with van der Waals surface area (Å²) in [5, 5.41) is 0. The molecule has 5 heteroatoms. The first-order chi connectivity index (χ1) is 9.98. The maximum absolute atomic E-state index is 12.1. The van der Waals surface area contributed by atoms with Crippen LogP contribution >= 0.6 is 0 Å². The number of nitrogens with two attached hydrogens (primary N) is 1. The van der Waals surface area contributed by atoms with Crippen LogP contribution in [-0.4, -0.2) is 14.2 Å². The molecule has 0 aliphatic rings. The number of anilines is 1. The number of rotatable bonds is 6. The second-order valence-electron chi connectivity index (χ2n) is 5.02. The average molecular weight is 304 g/mol. The van der Waals surface area contributed by atoms with Crippen molar-refractivity contribution in [1.29, 1.82) is 0 Å². The summed E-state index contributed by atoms with van der Waals surface area (Å²) in [6, 6.07) is 16.5. The van der Waals surface area contributed by atoms with E-state index in [-0.39, 0.29) is 11.8 Å². The molecule has 112 valence electrons. The topological polar surface area (TPSA) is 72.2 Å². The van der Waals surface area contributed by atoms with Gasteiger partial charge < -0.3 is 5.73 Å². The quantitative estimate of drug-likeness (QED) is 0.805. The fraction of sp³-hybridized carbons (Fsp3) is 0.250. The first-order valence-electron chi connectivity index (χ1n) is 6.86. The number of para-hydroxylation sites is 1. The Morgan fingerprint density at radius 3 is 2.33 bits per heavy atom. The van der Waals surface area contributed by atoms with E-state index in [1.54, 1.807) is 13.0 Å². The number of nitrogens with one attached hydrogen (secondary N) is 1. The monoisotopic (exact) mass is 304 g/mol. The Morgan fingerprint density at radius 2 is 1.67 bits per heavy atom. The van der Waals surface area contributed by atoms with Crippen molar-refractivity contribution >= 4 is 15.7 Å². The highest BCUT2D eigenvalue weighted by atomic mass is 32.2. The van der Waals surface area contributed by atoms with Gasteiger partial charge in [0.15, 0.2) is 0 Å². The van der Waals surface area contributed by atoms with Crippen molar-refractivity contribution < 1.29 is 8.42 Å². The van der Waals surface area contributed by atoms with Gasteiger partial charge in [0.05, 0.1) is 5.75 Å². The van der Waals surface area contributed by atoms with Gasteiger partial charge in [0.25, 0.3) is 0 Å². The SMILES string of the molecule is CC(NS(=O)(=O)CCc1ccccc1)c1ccccc1N. The summed E-state index contributed by atoms with van der Waals surface area (Å²) in [5.41, 5.74) is 8.27. The summed E-state index contributed by atoms with van der Waals surface area (Å²) >= 11 is 0. The van der Waals surface area contributed by atoms with Gasteiger partial charge in [0.1, 0.15) is 0 Å². The van der Waals surface area contributed by atoms with E-state index in [0.717, 1.165) is 11.1 Å².